The molecule has 1 aliphatic carbocycles. The number of rotatable bonds is 6. The number of hydrogen-bond acceptors (Lipinski definition) is 5. The maximum absolute atomic E-state index is 14.3. The van der Waals surface area contributed by atoms with Crippen LogP contribution < -0.4 is 16.5 Å². The van der Waals surface area contributed by atoms with E-state index in [4.69, 9.17) is 4.74 Å². The van der Waals surface area contributed by atoms with Crippen molar-refractivity contribution < 1.29 is 17.9 Å². The van der Waals surface area contributed by atoms with Crippen molar-refractivity contribution in [3.63, 3.8) is 0 Å². The van der Waals surface area contributed by atoms with Gasteiger partial charge in [0.05, 0.1) is 24.3 Å². The molecule has 0 radical (unpaired) electrons. The second kappa shape index (κ2) is 10.8. The Kier molecular flexibility index (Phi) is 7.58. The third-order valence-electron chi connectivity index (χ3n) is 9.85. The monoisotopic (exact) mass is 549 g/mol. The quantitative estimate of drug-likeness (QED) is 0.557. The Bertz CT molecular complexity index is 1220. The van der Waals surface area contributed by atoms with Gasteiger partial charge in [-0.2, -0.15) is 13.2 Å². The number of hydrogen-bond donors (Lipinski definition) is 2. The first kappa shape index (κ1) is 27.3. The molecule has 5 heterocycles. The summed E-state index contributed by atoms with van der Waals surface area (Å²) in [4.78, 5) is 15.9. The zero-order valence-electron chi connectivity index (χ0n) is 23.1. The molecule has 3 saturated heterocycles. The van der Waals surface area contributed by atoms with E-state index in [0.717, 1.165) is 71.4 Å². The largest absolute Gasteiger partial charge is 0.418 e. The number of ether oxygens (including phenoxy) is 1. The minimum absolute atomic E-state index is 0.0374. The van der Waals surface area contributed by atoms with E-state index in [1.807, 2.05) is 0 Å². The predicted octanol–water partition coefficient (Wildman–Crippen LogP) is 4.46. The second-order valence-electron chi connectivity index (χ2n) is 12.8. The molecule has 4 aliphatic rings. The summed E-state index contributed by atoms with van der Waals surface area (Å²) in [6, 6.07) is 1.50. The standard InChI is InChI=1S/C29H42F3N5O2/c1-18-5-4-8-35(12-18)13-20-9-24(29(30,31)32)25-15-36(28(38)37(25)14-20)23-7-3-6-21(10-23)26(22-16-39-17-22)27-19(2)11-33-34-27/h9,14-15,18-19,21-23,26-27,33-34H,3-8,10-13,16-17H2,1-2H3/t18-,19?,21?,23?,26-,27?/m0/s1. The highest BCUT2D eigenvalue weighted by Crippen LogP contribution is 2.44. The Balaban J connectivity index is 1.31. The minimum atomic E-state index is -4.53. The highest BCUT2D eigenvalue weighted by molar-refractivity contribution is 5.56. The van der Waals surface area contributed by atoms with E-state index in [1.54, 1.807) is 10.8 Å². The summed E-state index contributed by atoms with van der Waals surface area (Å²) in [7, 11) is 0. The highest BCUT2D eigenvalue weighted by Gasteiger charge is 2.45. The number of imidazole rings is 1. The van der Waals surface area contributed by atoms with Crippen molar-refractivity contribution in [3.05, 3.63) is 40.1 Å². The zero-order valence-corrected chi connectivity index (χ0v) is 23.1. The molecule has 39 heavy (non-hydrogen) atoms. The summed E-state index contributed by atoms with van der Waals surface area (Å²) in [5.74, 6) is 2.32. The Morgan fingerprint density at radius 1 is 1.10 bits per heavy atom. The molecule has 2 N–H and O–H groups in total. The van der Waals surface area contributed by atoms with Crippen molar-refractivity contribution in [2.24, 2.45) is 29.6 Å². The molecule has 6 atom stereocenters. The first-order chi connectivity index (χ1) is 18.7. The van der Waals surface area contributed by atoms with Crippen LogP contribution in [0.5, 0.6) is 0 Å². The topological polar surface area (TPSA) is 62.9 Å². The lowest BCUT2D eigenvalue weighted by molar-refractivity contribution is -0.136. The Morgan fingerprint density at radius 2 is 1.92 bits per heavy atom. The van der Waals surface area contributed by atoms with Crippen LogP contribution in [0.1, 0.15) is 69.5 Å². The molecule has 0 spiro atoms. The van der Waals surface area contributed by atoms with Gasteiger partial charge in [0.25, 0.3) is 0 Å². The number of halogens is 3. The molecule has 4 unspecified atom stereocenters. The maximum atomic E-state index is 14.3. The summed E-state index contributed by atoms with van der Waals surface area (Å²) in [5.41, 5.74) is 6.25. The van der Waals surface area contributed by atoms with Crippen molar-refractivity contribution in [3.8, 4) is 0 Å². The van der Waals surface area contributed by atoms with E-state index in [1.165, 1.54) is 16.7 Å². The SMILES string of the molecule is CC1CNNC1[C@H](C1COC1)C1CCCC(n2cc3c(C(F)(F)F)cc(CN4CCC[C@H](C)C4)cn3c2=O)C1. The van der Waals surface area contributed by atoms with Gasteiger partial charge in [0.2, 0.25) is 0 Å². The Morgan fingerprint density at radius 3 is 2.59 bits per heavy atom. The Labute approximate surface area is 228 Å². The van der Waals surface area contributed by atoms with E-state index in [2.05, 4.69) is 29.6 Å². The molecule has 6 rings (SSSR count). The summed E-state index contributed by atoms with van der Waals surface area (Å²) in [6.45, 7) is 9.07. The number of piperidine rings is 1. The summed E-state index contributed by atoms with van der Waals surface area (Å²) in [5, 5.41) is 0. The van der Waals surface area contributed by atoms with Gasteiger partial charge in [-0.1, -0.05) is 20.3 Å². The number of nitrogens with one attached hydrogen (secondary N) is 2. The van der Waals surface area contributed by atoms with Crippen LogP contribution in [0.25, 0.3) is 5.52 Å². The summed E-state index contributed by atoms with van der Waals surface area (Å²) >= 11 is 0. The van der Waals surface area contributed by atoms with Crippen LogP contribution in [0.2, 0.25) is 0 Å². The van der Waals surface area contributed by atoms with Crippen LogP contribution in [-0.4, -0.2) is 52.8 Å². The summed E-state index contributed by atoms with van der Waals surface area (Å²) < 4.78 is 51.3. The molecule has 4 fully saturated rings. The van der Waals surface area contributed by atoms with Gasteiger partial charge in [-0.25, -0.2) is 4.79 Å². The highest BCUT2D eigenvalue weighted by atomic mass is 19.4. The number of alkyl halides is 3. The van der Waals surface area contributed by atoms with E-state index in [9.17, 15) is 18.0 Å². The molecule has 3 aliphatic heterocycles. The van der Waals surface area contributed by atoms with E-state index in [-0.39, 0.29) is 17.2 Å². The van der Waals surface area contributed by atoms with Crippen LogP contribution in [0.15, 0.2) is 23.3 Å². The number of aromatic nitrogens is 2. The van der Waals surface area contributed by atoms with Gasteiger partial charge in [0.1, 0.15) is 0 Å². The number of likely N-dealkylation sites (tertiary alicyclic amines) is 1. The van der Waals surface area contributed by atoms with Crippen LogP contribution >= 0.6 is 0 Å². The molecule has 2 aromatic heterocycles. The lowest BCUT2D eigenvalue weighted by Crippen LogP contribution is -2.51. The third-order valence-corrected chi connectivity index (χ3v) is 9.85. The van der Waals surface area contributed by atoms with Crippen LogP contribution in [-0.2, 0) is 17.5 Å². The fourth-order valence-electron chi connectivity index (χ4n) is 7.86. The fraction of sp³-hybridized carbons (Fsp3) is 0.759. The van der Waals surface area contributed by atoms with Gasteiger partial charge in [-0.15, -0.1) is 0 Å². The molecule has 0 aromatic carbocycles. The summed E-state index contributed by atoms with van der Waals surface area (Å²) in [6.07, 6.45) is 4.46. The molecular formula is C29H42F3N5O2. The number of hydrazine groups is 1. The van der Waals surface area contributed by atoms with E-state index >= 15 is 0 Å². The fourth-order valence-corrected chi connectivity index (χ4v) is 7.86. The molecule has 0 amide bonds. The molecule has 0 bridgehead atoms. The van der Waals surface area contributed by atoms with Gasteiger partial charge < -0.3 is 4.74 Å². The number of nitrogens with zero attached hydrogens (tertiary/aromatic N) is 3. The van der Waals surface area contributed by atoms with E-state index in [0.29, 0.717) is 47.7 Å². The van der Waals surface area contributed by atoms with Gasteiger partial charge in [0, 0.05) is 50.0 Å². The Hall–Kier alpha value is -1.88. The molecule has 216 valence electrons. The number of pyridine rings is 1. The third kappa shape index (κ3) is 5.42. The lowest BCUT2D eigenvalue weighted by Gasteiger charge is -2.45. The predicted molar refractivity (Wildman–Crippen MR) is 143 cm³/mol. The van der Waals surface area contributed by atoms with E-state index < -0.39 is 11.7 Å². The average molecular weight is 550 g/mol. The first-order valence-electron chi connectivity index (χ1n) is 14.8. The molecule has 7 nitrogen and oxygen atoms in total. The normalized spacial score (nSPS) is 32.0. The van der Waals surface area contributed by atoms with Crippen molar-refractivity contribution >= 4 is 5.52 Å². The average Bonchev–Trinajstić information content (AvgIpc) is 3.43. The van der Waals surface area contributed by atoms with Crippen molar-refractivity contribution in [1.82, 2.24) is 24.7 Å². The minimum Gasteiger partial charge on any atom is -0.381 e. The molecule has 10 heteroatoms. The van der Waals surface area contributed by atoms with Crippen LogP contribution in [0.4, 0.5) is 13.2 Å². The zero-order chi connectivity index (χ0) is 27.3. The van der Waals surface area contributed by atoms with Crippen molar-refractivity contribution in [2.75, 3.05) is 32.8 Å². The molecule has 1 saturated carbocycles. The maximum Gasteiger partial charge on any atom is 0.418 e. The first-order valence-corrected chi connectivity index (χ1v) is 14.8. The van der Waals surface area contributed by atoms with Crippen LogP contribution in [0.3, 0.4) is 0 Å². The number of fused-ring (bicyclic) bond motifs is 1. The van der Waals surface area contributed by atoms with Crippen LogP contribution in [0, 0.1) is 29.6 Å². The van der Waals surface area contributed by atoms with Gasteiger partial charge in [0.15, 0.2) is 0 Å². The van der Waals surface area contributed by atoms with Gasteiger partial charge in [-0.05, 0) is 74.0 Å². The van der Waals surface area contributed by atoms with Gasteiger partial charge >= 0.3 is 11.9 Å². The smallest absolute Gasteiger partial charge is 0.381 e. The van der Waals surface area contributed by atoms with Crippen molar-refractivity contribution in [2.45, 2.75) is 77.2 Å². The van der Waals surface area contributed by atoms with Gasteiger partial charge in [-0.3, -0.25) is 24.7 Å². The molecule has 2 aromatic rings. The molecular weight excluding hydrogens is 507 g/mol. The second-order valence-corrected chi connectivity index (χ2v) is 12.8. The van der Waals surface area contributed by atoms with Crippen molar-refractivity contribution in [1.29, 1.82) is 0 Å². The lowest BCUT2D eigenvalue weighted by atomic mass is 9.67.